The average molecular weight is 860 g/mol. The predicted molar refractivity (Wildman–Crippen MR) is 280 cm³/mol. The van der Waals surface area contributed by atoms with E-state index >= 15 is 0 Å². The second-order valence-corrected chi connectivity index (χ2v) is 18.2. The first-order valence-electron chi connectivity index (χ1n) is 23.1. The summed E-state index contributed by atoms with van der Waals surface area (Å²) in [6, 6.07) is 85.6. The molecule has 0 unspecified atom stereocenters. The average Bonchev–Trinajstić information content (AvgIpc) is 4.00. The molecule has 0 fully saturated rings. The molecular formula is C63H45N3O. The van der Waals surface area contributed by atoms with Crippen LogP contribution >= 0.6 is 0 Å². The van der Waals surface area contributed by atoms with Crippen molar-refractivity contribution in [2.24, 2.45) is 0 Å². The van der Waals surface area contributed by atoms with Crippen LogP contribution in [0.5, 0.6) is 0 Å². The van der Waals surface area contributed by atoms with Gasteiger partial charge in [-0.15, -0.1) is 0 Å². The number of para-hydroxylation sites is 5. The van der Waals surface area contributed by atoms with Crippen LogP contribution in [0, 0.1) is 0 Å². The molecular weight excluding hydrogens is 815 g/mol. The molecule has 0 bridgehead atoms. The summed E-state index contributed by atoms with van der Waals surface area (Å²) >= 11 is 0. The molecule has 2 heterocycles. The second-order valence-electron chi connectivity index (χ2n) is 18.2. The molecule has 4 nitrogen and oxygen atoms in total. The summed E-state index contributed by atoms with van der Waals surface area (Å²) in [7, 11) is 0. The Bertz CT molecular complexity index is 3730. The fourth-order valence-electron chi connectivity index (χ4n) is 10.7. The molecule has 0 radical (unpaired) electrons. The topological polar surface area (TPSA) is 24.6 Å². The van der Waals surface area contributed by atoms with E-state index in [0.717, 1.165) is 72.9 Å². The number of hydrogen-bond acceptors (Lipinski definition) is 3. The molecule has 2 aromatic heterocycles. The number of fused-ring (bicyclic) bond motifs is 9. The summed E-state index contributed by atoms with van der Waals surface area (Å²) in [4.78, 5) is 4.76. The fourth-order valence-corrected chi connectivity index (χ4v) is 10.7. The lowest BCUT2D eigenvalue weighted by molar-refractivity contribution is 0.660. The second kappa shape index (κ2) is 15.3. The summed E-state index contributed by atoms with van der Waals surface area (Å²) in [6.45, 7) is 4.75. The smallest absolute Gasteiger partial charge is 0.136 e. The van der Waals surface area contributed by atoms with Gasteiger partial charge in [0.2, 0.25) is 0 Å². The molecule has 0 atom stereocenters. The lowest BCUT2D eigenvalue weighted by atomic mass is 9.82. The van der Waals surface area contributed by atoms with Gasteiger partial charge in [-0.05, 0) is 149 Å². The first kappa shape index (κ1) is 38.8. The largest absolute Gasteiger partial charge is 0.456 e. The highest BCUT2D eigenvalue weighted by atomic mass is 16.3. The number of anilines is 6. The fraction of sp³-hybridized carbons (Fsp3) is 0.0476. The van der Waals surface area contributed by atoms with Crippen molar-refractivity contribution in [3.8, 4) is 27.9 Å². The number of hydrogen-bond donors (Lipinski definition) is 0. The normalized spacial score (nSPS) is 12.7. The van der Waals surface area contributed by atoms with E-state index in [1.165, 1.54) is 44.1 Å². The monoisotopic (exact) mass is 859 g/mol. The molecule has 0 saturated heterocycles. The van der Waals surface area contributed by atoms with Crippen LogP contribution < -0.4 is 9.80 Å². The van der Waals surface area contributed by atoms with Gasteiger partial charge in [-0.2, -0.15) is 0 Å². The standard InChI is InChI=1S/C63H45N3O/c1-63(2)57-40-49(64(44-15-5-3-6-16-44)45-17-7-4-8-18-45)34-37-51(57)52-38-35-50(41-58(52)63)65(46-28-25-42(26-29-46)43-27-36-56-55-21-11-14-24-61(55)67-62(56)39-43)47-30-32-48(33-31-47)66-59-22-12-9-19-53(59)54-20-10-13-23-60(54)66/h3-41H,1-2H3. The van der Waals surface area contributed by atoms with Gasteiger partial charge in [-0.1, -0.05) is 135 Å². The van der Waals surface area contributed by atoms with Crippen LogP contribution in [-0.2, 0) is 5.41 Å². The molecule has 0 N–H and O–H groups in total. The van der Waals surface area contributed by atoms with E-state index in [1.54, 1.807) is 0 Å². The van der Waals surface area contributed by atoms with Gasteiger partial charge in [0.15, 0.2) is 0 Å². The number of rotatable bonds is 8. The molecule has 1 aliphatic rings. The Morgan fingerprint density at radius 3 is 1.34 bits per heavy atom. The van der Waals surface area contributed by atoms with E-state index in [0.29, 0.717) is 0 Å². The van der Waals surface area contributed by atoms with Gasteiger partial charge in [-0.3, -0.25) is 0 Å². The first-order chi connectivity index (χ1) is 33.0. The van der Waals surface area contributed by atoms with Gasteiger partial charge in [0.1, 0.15) is 11.2 Å². The lowest BCUT2D eigenvalue weighted by Crippen LogP contribution is -2.17. The zero-order valence-corrected chi connectivity index (χ0v) is 37.3. The minimum atomic E-state index is -0.263. The van der Waals surface area contributed by atoms with Crippen molar-refractivity contribution in [2.75, 3.05) is 9.80 Å². The lowest BCUT2D eigenvalue weighted by Gasteiger charge is -2.29. The molecule has 318 valence electrons. The van der Waals surface area contributed by atoms with E-state index in [2.05, 4.69) is 253 Å². The van der Waals surface area contributed by atoms with Crippen LogP contribution in [0.2, 0.25) is 0 Å². The minimum absolute atomic E-state index is 0.263. The van der Waals surface area contributed by atoms with E-state index in [-0.39, 0.29) is 5.41 Å². The number of aromatic nitrogens is 1. The highest BCUT2D eigenvalue weighted by Crippen LogP contribution is 2.52. The Kier molecular flexibility index (Phi) is 8.84. The summed E-state index contributed by atoms with van der Waals surface area (Å²) in [6.07, 6.45) is 0. The Morgan fingerprint density at radius 1 is 0.343 bits per heavy atom. The summed E-state index contributed by atoms with van der Waals surface area (Å²) < 4.78 is 8.68. The molecule has 10 aromatic carbocycles. The SMILES string of the molecule is CC1(C)c2cc(N(c3ccccc3)c3ccccc3)ccc2-c2ccc(N(c3ccc(-c4ccc5c(c4)oc4ccccc45)cc3)c3ccc(-n4c5ccccc5c5ccccc54)cc3)cc21. The van der Waals surface area contributed by atoms with Crippen molar-refractivity contribution in [2.45, 2.75) is 19.3 Å². The van der Waals surface area contributed by atoms with Gasteiger partial charge in [0, 0.05) is 66.8 Å². The van der Waals surface area contributed by atoms with Crippen molar-refractivity contribution in [3.05, 3.63) is 248 Å². The maximum Gasteiger partial charge on any atom is 0.136 e. The van der Waals surface area contributed by atoms with Crippen molar-refractivity contribution in [1.29, 1.82) is 0 Å². The van der Waals surface area contributed by atoms with Crippen molar-refractivity contribution in [1.82, 2.24) is 4.57 Å². The van der Waals surface area contributed by atoms with E-state index in [9.17, 15) is 0 Å². The Hall–Kier alpha value is -8.60. The van der Waals surface area contributed by atoms with Crippen molar-refractivity contribution in [3.63, 3.8) is 0 Å². The number of furan rings is 1. The molecule has 0 amide bonds. The van der Waals surface area contributed by atoms with Gasteiger partial charge in [-0.25, -0.2) is 0 Å². The maximum absolute atomic E-state index is 6.30. The number of benzene rings is 10. The molecule has 0 saturated carbocycles. The summed E-state index contributed by atoms with van der Waals surface area (Å²) in [5.41, 5.74) is 19.2. The molecule has 0 spiro atoms. The Labute approximate surface area is 389 Å². The van der Waals surface area contributed by atoms with Crippen molar-refractivity contribution < 1.29 is 4.42 Å². The Morgan fingerprint density at radius 2 is 0.776 bits per heavy atom. The maximum atomic E-state index is 6.30. The summed E-state index contributed by atoms with van der Waals surface area (Å²) in [5, 5.41) is 4.78. The van der Waals surface area contributed by atoms with E-state index in [4.69, 9.17) is 4.42 Å². The van der Waals surface area contributed by atoms with Gasteiger partial charge in [0.05, 0.1) is 11.0 Å². The van der Waals surface area contributed by atoms with Crippen LogP contribution in [0.15, 0.2) is 241 Å². The third-order valence-corrected chi connectivity index (χ3v) is 14.0. The van der Waals surface area contributed by atoms with Gasteiger partial charge >= 0.3 is 0 Å². The molecule has 0 aliphatic heterocycles. The quantitative estimate of drug-likeness (QED) is 0.152. The molecule has 13 rings (SSSR count). The molecule has 67 heavy (non-hydrogen) atoms. The summed E-state index contributed by atoms with van der Waals surface area (Å²) in [5.74, 6) is 0. The predicted octanol–water partition coefficient (Wildman–Crippen LogP) is 17.6. The number of nitrogens with zero attached hydrogens (tertiary/aromatic N) is 3. The van der Waals surface area contributed by atoms with E-state index < -0.39 is 0 Å². The molecule has 4 heteroatoms. The van der Waals surface area contributed by atoms with Crippen LogP contribution in [-0.4, -0.2) is 4.57 Å². The van der Waals surface area contributed by atoms with Gasteiger partial charge < -0.3 is 18.8 Å². The van der Waals surface area contributed by atoms with Crippen LogP contribution in [0.1, 0.15) is 25.0 Å². The zero-order chi connectivity index (χ0) is 44.6. The van der Waals surface area contributed by atoms with Crippen LogP contribution in [0.3, 0.4) is 0 Å². The van der Waals surface area contributed by atoms with E-state index in [1.807, 2.05) is 12.1 Å². The Balaban J connectivity index is 0.914. The molecule has 1 aliphatic carbocycles. The zero-order valence-electron chi connectivity index (χ0n) is 37.3. The highest BCUT2D eigenvalue weighted by molar-refractivity contribution is 6.09. The van der Waals surface area contributed by atoms with Gasteiger partial charge in [0.25, 0.3) is 0 Å². The third kappa shape index (κ3) is 6.29. The van der Waals surface area contributed by atoms with Crippen LogP contribution in [0.25, 0.3) is 71.7 Å². The highest BCUT2D eigenvalue weighted by Gasteiger charge is 2.37. The third-order valence-electron chi connectivity index (χ3n) is 14.0. The molecule has 12 aromatic rings. The van der Waals surface area contributed by atoms with Crippen LogP contribution in [0.4, 0.5) is 34.1 Å². The minimum Gasteiger partial charge on any atom is -0.456 e. The first-order valence-corrected chi connectivity index (χ1v) is 23.1. The van der Waals surface area contributed by atoms with Crippen molar-refractivity contribution >= 4 is 77.9 Å².